The third-order valence-corrected chi connectivity index (χ3v) is 7.56. The molecule has 33 heavy (non-hydrogen) atoms. The Hall–Kier alpha value is -3.23. The van der Waals surface area contributed by atoms with E-state index in [4.69, 9.17) is 4.98 Å². The van der Waals surface area contributed by atoms with Crippen LogP contribution in [0.5, 0.6) is 0 Å². The first-order valence-electron chi connectivity index (χ1n) is 10.6. The summed E-state index contributed by atoms with van der Waals surface area (Å²) in [5.41, 5.74) is 5.30. The van der Waals surface area contributed by atoms with Crippen molar-refractivity contribution in [2.45, 2.75) is 38.6 Å². The maximum absolute atomic E-state index is 13.1. The number of thioether (sulfide) groups is 1. The first-order chi connectivity index (χ1) is 15.9. The van der Waals surface area contributed by atoms with E-state index in [2.05, 4.69) is 65.4 Å². The van der Waals surface area contributed by atoms with Gasteiger partial charge in [0.2, 0.25) is 0 Å². The Balaban J connectivity index is 1.48. The molecule has 0 aliphatic carbocycles. The van der Waals surface area contributed by atoms with Crippen molar-refractivity contribution < 1.29 is 0 Å². The number of aryl methyl sites for hydroxylation is 4. The van der Waals surface area contributed by atoms with Gasteiger partial charge in [0.15, 0.2) is 5.16 Å². The predicted octanol–water partition coefficient (Wildman–Crippen LogP) is 5.76. The standard InChI is InChI=1S/C25H23N5OS2/c1-14-9-11-18(12-10-14)21-16(3)33-24-22(21)23(31)26-20(27-24)13-32-25-29-28-17(4)30(25)19-8-6-5-7-15(19)2/h5-12H,13H2,1-4H3,(H,26,27,31). The number of rotatable bonds is 5. The van der Waals surface area contributed by atoms with Crippen LogP contribution in [0.3, 0.4) is 0 Å². The Labute approximate surface area is 199 Å². The fourth-order valence-electron chi connectivity index (χ4n) is 3.96. The third-order valence-electron chi connectivity index (χ3n) is 5.62. The molecule has 6 nitrogen and oxygen atoms in total. The fraction of sp³-hybridized carbons (Fsp3) is 0.200. The van der Waals surface area contributed by atoms with Gasteiger partial charge < -0.3 is 4.98 Å². The quantitative estimate of drug-likeness (QED) is 0.329. The molecule has 0 bridgehead atoms. The minimum Gasteiger partial charge on any atom is -0.309 e. The van der Waals surface area contributed by atoms with Gasteiger partial charge >= 0.3 is 0 Å². The lowest BCUT2D eigenvalue weighted by Gasteiger charge is -2.11. The number of hydrogen-bond acceptors (Lipinski definition) is 6. The zero-order chi connectivity index (χ0) is 23.1. The number of benzene rings is 2. The first-order valence-corrected chi connectivity index (χ1v) is 12.4. The number of nitrogens with one attached hydrogen (secondary N) is 1. The molecular formula is C25H23N5OS2. The maximum atomic E-state index is 13.1. The van der Waals surface area contributed by atoms with Crippen molar-refractivity contribution in [1.29, 1.82) is 0 Å². The van der Waals surface area contributed by atoms with Crippen LogP contribution in [-0.2, 0) is 5.75 Å². The average molecular weight is 474 g/mol. The summed E-state index contributed by atoms with van der Waals surface area (Å²) < 4.78 is 2.04. The lowest BCUT2D eigenvalue weighted by molar-refractivity contribution is 0.860. The largest absolute Gasteiger partial charge is 0.309 e. The molecule has 166 valence electrons. The van der Waals surface area contributed by atoms with E-state index in [-0.39, 0.29) is 5.56 Å². The number of aromatic nitrogens is 5. The highest BCUT2D eigenvalue weighted by atomic mass is 32.2. The van der Waals surface area contributed by atoms with E-state index in [9.17, 15) is 4.79 Å². The number of fused-ring (bicyclic) bond motifs is 1. The minimum atomic E-state index is -0.105. The summed E-state index contributed by atoms with van der Waals surface area (Å²) in [7, 11) is 0. The summed E-state index contributed by atoms with van der Waals surface area (Å²) in [5, 5.41) is 10.1. The van der Waals surface area contributed by atoms with Crippen LogP contribution in [0.25, 0.3) is 27.0 Å². The van der Waals surface area contributed by atoms with Crippen LogP contribution in [-0.4, -0.2) is 24.7 Å². The molecule has 5 aromatic rings. The van der Waals surface area contributed by atoms with Gasteiger partial charge in [-0.2, -0.15) is 0 Å². The van der Waals surface area contributed by atoms with Crippen LogP contribution in [0.2, 0.25) is 0 Å². The molecule has 0 spiro atoms. The smallest absolute Gasteiger partial charge is 0.260 e. The van der Waals surface area contributed by atoms with Crippen molar-refractivity contribution in [1.82, 2.24) is 24.7 Å². The van der Waals surface area contributed by atoms with Crippen LogP contribution in [0.15, 0.2) is 58.5 Å². The lowest BCUT2D eigenvalue weighted by Crippen LogP contribution is -2.11. The van der Waals surface area contributed by atoms with Gasteiger partial charge in [0.05, 0.1) is 16.8 Å². The Bertz CT molecular complexity index is 1530. The number of hydrogen-bond donors (Lipinski definition) is 1. The molecule has 2 aromatic carbocycles. The number of nitrogens with zero attached hydrogens (tertiary/aromatic N) is 4. The summed E-state index contributed by atoms with van der Waals surface area (Å²) in [6.07, 6.45) is 0. The van der Waals surface area contributed by atoms with Gasteiger partial charge in [0.25, 0.3) is 5.56 Å². The van der Waals surface area contributed by atoms with Gasteiger partial charge in [-0.3, -0.25) is 9.36 Å². The molecule has 0 unspecified atom stereocenters. The first kappa shape index (κ1) is 21.6. The lowest BCUT2D eigenvalue weighted by atomic mass is 10.0. The third kappa shape index (κ3) is 4.00. The number of aromatic amines is 1. The number of thiophene rings is 1. The summed E-state index contributed by atoms with van der Waals surface area (Å²) in [4.78, 5) is 22.7. The van der Waals surface area contributed by atoms with Gasteiger partial charge in [-0.15, -0.1) is 21.5 Å². The van der Waals surface area contributed by atoms with Crippen LogP contribution >= 0.6 is 23.1 Å². The molecule has 3 heterocycles. The second-order valence-electron chi connectivity index (χ2n) is 8.03. The SMILES string of the molecule is Cc1ccc(-c2c(C)sc3nc(CSc4nnc(C)n4-c4ccccc4C)[nH]c(=O)c23)cc1. The Morgan fingerprint density at radius 2 is 1.76 bits per heavy atom. The van der Waals surface area contributed by atoms with Gasteiger partial charge in [0.1, 0.15) is 16.5 Å². The van der Waals surface area contributed by atoms with Crippen molar-refractivity contribution in [3.05, 3.63) is 86.5 Å². The molecular weight excluding hydrogens is 450 g/mol. The molecule has 1 N–H and O–H groups in total. The number of H-pyrrole nitrogens is 1. The molecule has 0 aliphatic rings. The van der Waals surface area contributed by atoms with Crippen molar-refractivity contribution in [2.75, 3.05) is 0 Å². The minimum absolute atomic E-state index is 0.105. The van der Waals surface area contributed by atoms with Crippen LogP contribution in [0.1, 0.15) is 27.7 Å². The Kier molecular flexibility index (Phi) is 5.64. The Morgan fingerprint density at radius 3 is 2.52 bits per heavy atom. The Morgan fingerprint density at radius 1 is 1.00 bits per heavy atom. The normalized spacial score (nSPS) is 11.4. The van der Waals surface area contributed by atoms with Crippen LogP contribution in [0, 0.1) is 27.7 Å². The molecule has 0 saturated carbocycles. The van der Waals surface area contributed by atoms with E-state index in [0.717, 1.165) is 43.1 Å². The van der Waals surface area contributed by atoms with Crippen molar-refractivity contribution >= 4 is 33.3 Å². The number of para-hydroxylation sites is 1. The second kappa shape index (κ2) is 8.61. The summed E-state index contributed by atoms with van der Waals surface area (Å²) >= 11 is 3.07. The van der Waals surface area contributed by atoms with Crippen molar-refractivity contribution in [3.8, 4) is 16.8 Å². The molecule has 8 heteroatoms. The molecule has 0 fully saturated rings. The molecule has 0 saturated heterocycles. The average Bonchev–Trinajstić information content (AvgIpc) is 3.32. The summed E-state index contributed by atoms with van der Waals surface area (Å²) in [6.45, 7) is 8.11. The highest BCUT2D eigenvalue weighted by molar-refractivity contribution is 7.98. The van der Waals surface area contributed by atoms with Crippen LogP contribution in [0.4, 0.5) is 0 Å². The fourth-order valence-corrected chi connectivity index (χ4v) is 5.89. The van der Waals surface area contributed by atoms with E-state index in [1.54, 1.807) is 11.3 Å². The zero-order valence-corrected chi connectivity index (χ0v) is 20.5. The monoisotopic (exact) mass is 473 g/mol. The predicted molar refractivity (Wildman–Crippen MR) is 136 cm³/mol. The van der Waals surface area contributed by atoms with E-state index in [1.807, 2.05) is 30.5 Å². The van der Waals surface area contributed by atoms with Crippen LogP contribution < -0.4 is 5.56 Å². The molecule has 0 atom stereocenters. The van der Waals surface area contributed by atoms with Gasteiger partial charge in [-0.25, -0.2) is 4.98 Å². The van der Waals surface area contributed by atoms with Gasteiger partial charge in [-0.1, -0.05) is 59.8 Å². The van der Waals surface area contributed by atoms with Crippen molar-refractivity contribution in [3.63, 3.8) is 0 Å². The maximum Gasteiger partial charge on any atom is 0.260 e. The molecule has 0 amide bonds. The zero-order valence-electron chi connectivity index (χ0n) is 18.8. The highest BCUT2D eigenvalue weighted by Gasteiger charge is 2.18. The van der Waals surface area contributed by atoms with E-state index in [1.165, 1.54) is 17.3 Å². The van der Waals surface area contributed by atoms with Gasteiger partial charge in [0, 0.05) is 10.4 Å². The second-order valence-corrected chi connectivity index (χ2v) is 10.2. The molecule has 0 radical (unpaired) electrons. The topological polar surface area (TPSA) is 76.5 Å². The van der Waals surface area contributed by atoms with E-state index in [0.29, 0.717) is 17.0 Å². The van der Waals surface area contributed by atoms with E-state index < -0.39 is 0 Å². The molecule has 3 aromatic heterocycles. The summed E-state index contributed by atoms with van der Waals surface area (Å²) in [6, 6.07) is 16.4. The van der Waals surface area contributed by atoms with E-state index >= 15 is 0 Å². The molecule has 5 rings (SSSR count). The van der Waals surface area contributed by atoms with Gasteiger partial charge in [-0.05, 0) is 44.9 Å². The molecule has 0 aliphatic heterocycles. The summed E-state index contributed by atoms with van der Waals surface area (Å²) in [5.74, 6) is 1.94. The van der Waals surface area contributed by atoms with Crippen molar-refractivity contribution in [2.24, 2.45) is 0 Å². The highest BCUT2D eigenvalue weighted by Crippen LogP contribution is 2.36.